The average Bonchev–Trinajstić information content (AvgIpc) is 3.70. The maximum absolute atomic E-state index is 16.4. The smallest absolute Gasteiger partial charge is 0.264 e. The second-order valence-electron chi connectivity index (χ2n) is 14.9. The molecular weight excluding hydrogens is 686 g/mol. The van der Waals surface area contributed by atoms with Crippen molar-refractivity contribution in [3.63, 3.8) is 0 Å². The molecule has 3 heterocycles. The molecule has 0 unspecified atom stereocenters. The van der Waals surface area contributed by atoms with Crippen molar-refractivity contribution in [1.29, 1.82) is 0 Å². The van der Waals surface area contributed by atoms with Gasteiger partial charge in [-0.2, -0.15) is 0 Å². The van der Waals surface area contributed by atoms with Crippen LogP contribution in [0.3, 0.4) is 0 Å². The molecule has 1 fully saturated rings. The molecule has 270 valence electrons. The third-order valence-electron chi connectivity index (χ3n) is 11.3. The Labute approximate surface area is 309 Å². The number of hydrogen-bond acceptors (Lipinski definition) is 5. The summed E-state index contributed by atoms with van der Waals surface area (Å²) in [5.74, 6) is -1.16. The molecule has 1 spiro atoms. The van der Waals surface area contributed by atoms with Crippen LogP contribution in [0.25, 0.3) is 10.8 Å². The van der Waals surface area contributed by atoms with Gasteiger partial charge in [0.25, 0.3) is 11.8 Å². The van der Waals surface area contributed by atoms with Crippen molar-refractivity contribution in [2.45, 2.75) is 56.8 Å². The first-order chi connectivity index (χ1) is 25.5. The van der Waals surface area contributed by atoms with Crippen LogP contribution in [0, 0.1) is 5.92 Å². The van der Waals surface area contributed by atoms with E-state index in [-0.39, 0.29) is 43.8 Å². The second kappa shape index (κ2) is 13.4. The number of anilines is 3. The summed E-state index contributed by atoms with van der Waals surface area (Å²) < 4.78 is 23.2. The Morgan fingerprint density at radius 1 is 0.868 bits per heavy atom. The lowest BCUT2D eigenvalue weighted by Crippen LogP contribution is -2.45. The highest BCUT2D eigenvalue weighted by molar-refractivity contribution is 6.72. The fourth-order valence-corrected chi connectivity index (χ4v) is 11.5. The van der Waals surface area contributed by atoms with Gasteiger partial charge in [-0.25, -0.2) is 0 Å². The minimum absolute atomic E-state index is 0.0796. The first-order valence-corrected chi connectivity index (χ1v) is 21.1. The highest BCUT2D eigenvalue weighted by atomic mass is 28.4. The summed E-state index contributed by atoms with van der Waals surface area (Å²) in [7, 11) is -3.50. The first-order valence-electron chi connectivity index (χ1n) is 18.2. The van der Waals surface area contributed by atoms with Gasteiger partial charge in [0, 0.05) is 41.2 Å². The van der Waals surface area contributed by atoms with Gasteiger partial charge in [-0.15, -0.1) is 0 Å². The molecule has 0 aromatic heterocycles. The molecular formula is C43H42FN3O5Si. The zero-order valence-corrected chi connectivity index (χ0v) is 31.0. The predicted octanol–water partition coefficient (Wildman–Crippen LogP) is 7.86. The van der Waals surface area contributed by atoms with Gasteiger partial charge < -0.3 is 23.8 Å². The van der Waals surface area contributed by atoms with Gasteiger partial charge in [0.05, 0.1) is 42.6 Å². The van der Waals surface area contributed by atoms with Crippen LogP contribution in [0.2, 0.25) is 18.6 Å². The summed E-state index contributed by atoms with van der Waals surface area (Å²) in [5, 5.41) is 11.8. The number of halogens is 1. The van der Waals surface area contributed by atoms with Crippen LogP contribution in [0.4, 0.5) is 21.2 Å². The van der Waals surface area contributed by atoms with Crippen LogP contribution in [-0.2, 0) is 33.0 Å². The standard InChI is InChI=1S/C43H42FN3O5Si/c1-28-40(53(2,3)44)37(25-38(49)45(23-24-48)26-29-11-5-4-6-12-29)52-43(28)34-16-7-8-17-35(34)46(42(43)51)27-30-19-21-32(22-20-30)47-36-18-10-14-31-13-9-15-33(39(31)36)41(47)50/h4-22,28,37,40,48H,23-27H2,1-3H3/t28-,37+,40-,43+/m1/s1. The number of para-hydroxylation sites is 1. The maximum atomic E-state index is 16.4. The molecule has 8 nitrogen and oxygen atoms in total. The number of carbonyl (C=O) groups is 3. The van der Waals surface area contributed by atoms with Gasteiger partial charge in [0.1, 0.15) is 0 Å². The Balaban J connectivity index is 1.07. The van der Waals surface area contributed by atoms with Crippen LogP contribution in [0.5, 0.6) is 0 Å². The lowest BCUT2D eigenvalue weighted by molar-refractivity contribution is -0.150. The van der Waals surface area contributed by atoms with E-state index < -0.39 is 31.6 Å². The molecule has 0 aliphatic carbocycles. The lowest BCUT2D eigenvalue weighted by Gasteiger charge is -2.31. The molecule has 5 aromatic rings. The number of aliphatic hydroxyl groups excluding tert-OH is 1. The number of hydrogen-bond donors (Lipinski definition) is 1. The van der Waals surface area contributed by atoms with Crippen LogP contribution in [0.1, 0.15) is 40.4 Å². The Hall–Kier alpha value is -5.16. The molecule has 0 radical (unpaired) electrons. The highest BCUT2D eigenvalue weighted by Crippen LogP contribution is 2.60. The molecule has 3 aliphatic rings. The van der Waals surface area contributed by atoms with E-state index in [0.717, 1.165) is 33.3 Å². The summed E-state index contributed by atoms with van der Waals surface area (Å²) >= 11 is 0. The van der Waals surface area contributed by atoms with E-state index in [1.807, 2.05) is 122 Å². The van der Waals surface area contributed by atoms with E-state index in [0.29, 0.717) is 23.4 Å². The van der Waals surface area contributed by atoms with E-state index in [4.69, 9.17) is 4.74 Å². The number of amides is 3. The van der Waals surface area contributed by atoms with Gasteiger partial charge in [0.2, 0.25) is 14.3 Å². The van der Waals surface area contributed by atoms with Crippen molar-refractivity contribution in [3.8, 4) is 0 Å². The third kappa shape index (κ3) is 5.76. The van der Waals surface area contributed by atoms with E-state index in [9.17, 15) is 19.5 Å². The van der Waals surface area contributed by atoms with E-state index >= 15 is 4.11 Å². The molecule has 10 heteroatoms. The minimum Gasteiger partial charge on any atom is -0.395 e. The van der Waals surface area contributed by atoms with Crippen LogP contribution >= 0.6 is 0 Å². The topological polar surface area (TPSA) is 90.4 Å². The second-order valence-corrected chi connectivity index (χ2v) is 18.7. The number of ether oxygens (including phenoxy) is 1. The highest BCUT2D eigenvalue weighted by Gasteiger charge is 2.67. The fraction of sp³-hybridized carbons (Fsp3) is 0.279. The SMILES string of the molecule is C[C@@H]1[C@@H]([Si](C)(C)F)[C@H](CC(=O)N(CCO)Cc2ccccc2)O[C@@]12C(=O)N(Cc1ccc(N3C(=O)c4cccc5cccc3c45)cc1)c1ccccc12. The Morgan fingerprint density at radius 2 is 1.55 bits per heavy atom. The van der Waals surface area contributed by atoms with Gasteiger partial charge in [-0.3, -0.25) is 19.3 Å². The molecule has 0 saturated carbocycles. The molecule has 3 amide bonds. The Kier molecular flexibility index (Phi) is 8.79. The van der Waals surface area contributed by atoms with Crippen molar-refractivity contribution in [2.75, 3.05) is 23.0 Å². The maximum Gasteiger partial charge on any atom is 0.264 e. The van der Waals surface area contributed by atoms with Crippen molar-refractivity contribution < 1.29 is 28.3 Å². The van der Waals surface area contributed by atoms with Crippen LogP contribution in [-0.4, -0.2) is 55.4 Å². The monoisotopic (exact) mass is 727 g/mol. The fourth-order valence-electron chi connectivity index (χ4n) is 8.98. The largest absolute Gasteiger partial charge is 0.395 e. The van der Waals surface area contributed by atoms with Gasteiger partial charge >= 0.3 is 0 Å². The number of aliphatic hydroxyl groups is 1. The number of carbonyl (C=O) groups excluding carboxylic acids is 3. The summed E-state index contributed by atoms with van der Waals surface area (Å²) in [6.45, 7) is 5.59. The first kappa shape index (κ1) is 34.9. The molecule has 5 aromatic carbocycles. The lowest BCUT2D eigenvalue weighted by atomic mass is 9.82. The average molecular weight is 728 g/mol. The summed E-state index contributed by atoms with van der Waals surface area (Å²) in [6, 6.07) is 36.4. The summed E-state index contributed by atoms with van der Waals surface area (Å²) in [4.78, 5) is 47.3. The minimum atomic E-state index is -3.50. The number of nitrogens with zero attached hydrogens (tertiary/aromatic N) is 3. The normalized spacial score (nSPS) is 21.9. The van der Waals surface area contributed by atoms with E-state index in [1.54, 1.807) is 27.8 Å². The van der Waals surface area contributed by atoms with Crippen molar-refractivity contribution in [2.24, 2.45) is 5.92 Å². The molecule has 1 N–H and O–H groups in total. The third-order valence-corrected chi connectivity index (χ3v) is 13.7. The van der Waals surface area contributed by atoms with E-state index in [1.165, 1.54) is 0 Å². The molecule has 8 rings (SSSR count). The van der Waals surface area contributed by atoms with E-state index in [2.05, 4.69) is 0 Å². The zero-order valence-electron chi connectivity index (χ0n) is 30.0. The number of fused-ring (bicyclic) bond motifs is 2. The number of rotatable bonds is 10. The molecule has 1 saturated heterocycles. The Bertz CT molecular complexity index is 2220. The molecule has 0 bridgehead atoms. The Morgan fingerprint density at radius 3 is 2.26 bits per heavy atom. The van der Waals surface area contributed by atoms with Crippen molar-refractivity contribution >= 4 is 54.0 Å². The van der Waals surface area contributed by atoms with Gasteiger partial charge in [-0.05, 0) is 59.9 Å². The van der Waals surface area contributed by atoms with Crippen LogP contribution < -0.4 is 9.80 Å². The summed E-state index contributed by atoms with van der Waals surface area (Å²) in [6.07, 6.45) is -0.933. The number of benzene rings is 5. The van der Waals surface area contributed by atoms with Crippen LogP contribution in [0.15, 0.2) is 115 Å². The zero-order chi connectivity index (χ0) is 37.1. The van der Waals surface area contributed by atoms with Crippen molar-refractivity contribution in [3.05, 3.63) is 138 Å². The molecule has 3 aliphatic heterocycles. The van der Waals surface area contributed by atoms with Gasteiger partial charge in [-0.1, -0.05) is 91.9 Å². The molecule has 4 atom stereocenters. The van der Waals surface area contributed by atoms with Crippen molar-refractivity contribution in [1.82, 2.24) is 4.90 Å². The van der Waals surface area contributed by atoms with Gasteiger partial charge in [0.15, 0.2) is 5.60 Å². The predicted molar refractivity (Wildman–Crippen MR) is 206 cm³/mol. The summed E-state index contributed by atoms with van der Waals surface area (Å²) in [5.41, 5.74) is 3.29. The molecule has 53 heavy (non-hydrogen) atoms. The quantitative estimate of drug-likeness (QED) is 0.117.